The van der Waals surface area contributed by atoms with Crippen molar-refractivity contribution in [1.82, 2.24) is 0 Å². The zero-order valence-electron chi connectivity index (χ0n) is 43.9. The number of carbonyl (C=O) groups is 3. The molecule has 0 aliphatic carbocycles. The van der Waals surface area contributed by atoms with Crippen LogP contribution in [0.5, 0.6) is 0 Å². The Kier molecular flexibility index (Phi) is 52.4. The lowest BCUT2D eigenvalue weighted by atomic mass is 10.1. The molecule has 0 aromatic heterocycles. The van der Waals surface area contributed by atoms with Crippen molar-refractivity contribution in [3.63, 3.8) is 0 Å². The molecular weight excluding hydrogens is 829 g/mol. The van der Waals surface area contributed by atoms with Gasteiger partial charge in [0.2, 0.25) is 0 Å². The van der Waals surface area contributed by atoms with E-state index in [2.05, 4.69) is 106 Å². The highest BCUT2D eigenvalue weighted by Crippen LogP contribution is 2.14. The molecule has 0 N–H and O–H groups in total. The number of carbonyl (C=O) groups excluding carboxylic acids is 3. The van der Waals surface area contributed by atoms with Crippen LogP contribution in [0.3, 0.4) is 0 Å². The van der Waals surface area contributed by atoms with Gasteiger partial charge in [-0.25, -0.2) is 0 Å². The first kappa shape index (κ1) is 63.6. The largest absolute Gasteiger partial charge is 0.462 e. The number of allylic oxidation sites excluding steroid dienone is 14. The third-order valence-electron chi connectivity index (χ3n) is 11.9. The Bertz CT molecular complexity index is 1300. The summed E-state index contributed by atoms with van der Waals surface area (Å²) in [6.07, 6.45) is 71.3. The van der Waals surface area contributed by atoms with Crippen molar-refractivity contribution in [3.05, 3.63) is 85.1 Å². The summed E-state index contributed by atoms with van der Waals surface area (Å²) >= 11 is 0. The van der Waals surface area contributed by atoms with E-state index in [-0.39, 0.29) is 31.1 Å². The summed E-state index contributed by atoms with van der Waals surface area (Å²) in [5.41, 5.74) is 0. The minimum Gasteiger partial charge on any atom is -0.462 e. The minimum atomic E-state index is -0.794. The second-order valence-electron chi connectivity index (χ2n) is 18.5. The number of ether oxygens (including phenoxy) is 3. The molecule has 0 fully saturated rings. The van der Waals surface area contributed by atoms with Gasteiger partial charge in [0.25, 0.3) is 0 Å². The maximum atomic E-state index is 12.8. The van der Waals surface area contributed by atoms with Crippen molar-refractivity contribution < 1.29 is 28.6 Å². The molecule has 6 heteroatoms. The van der Waals surface area contributed by atoms with E-state index in [1.54, 1.807) is 0 Å². The molecule has 384 valence electrons. The van der Waals surface area contributed by atoms with E-state index in [1.807, 2.05) is 0 Å². The molecule has 0 radical (unpaired) electrons. The molecule has 0 saturated heterocycles. The maximum absolute atomic E-state index is 12.8. The van der Waals surface area contributed by atoms with E-state index in [0.717, 1.165) is 128 Å². The molecule has 0 aliphatic heterocycles. The molecule has 0 rings (SSSR count). The van der Waals surface area contributed by atoms with E-state index in [4.69, 9.17) is 14.2 Å². The van der Waals surface area contributed by atoms with Gasteiger partial charge >= 0.3 is 17.9 Å². The number of hydrogen-bond acceptors (Lipinski definition) is 6. The minimum absolute atomic E-state index is 0.0906. The highest BCUT2D eigenvalue weighted by atomic mass is 16.6. The van der Waals surface area contributed by atoms with Gasteiger partial charge in [0.1, 0.15) is 13.2 Å². The lowest BCUT2D eigenvalue weighted by Gasteiger charge is -2.18. The van der Waals surface area contributed by atoms with Gasteiger partial charge in [0.05, 0.1) is 0 Å². The maximum Gasteiger partial charge on any atom is 0.306 e. The molecule has 0 spiro atoms. The van der Waals surface area contributed by atoms with Gasteiger partial charge in [0.15, 0.2) is 6.10 Å². The van der Waals surface area contributed by atoms with Crippen molar-refractivity contribution in [2.75, 3.05) is 13.2 Å². The van der Waals surface area contributed by atoms with E-state index in [0.29, 0.717) is 19.3 Å². The van der Waals surface area contributed by atoms with Crippen molar-refractivity contribution in [2.24, 2.45) is 0 Å². The van der Waals surface area contributed by atoms with E-state index >= 15 is 0 Å². The summed E-state index contributed by atoms with van der Waals surface area (Å²) in [5.74, 6) is -0.922. The van der Waals surface area contributed by atoms with Crippen molar-refractivity contribution in [3.8, 4) is 0 Å². The van der Waals surface area contributed by atoms with Crippen LogP contribution in [0.15, 0.2) is 85.1 Å². The zero-order chi connectivity index (χ0) is 48.6. The fraction of sp³-hybridized carbons (Fsp3) is 0.721. The normalized spacial score (nSPS) is 12.7. The first-order valence-electron chi connectivity index (χ1n) is 28.1. The average Bonchev–Trinajstić information content (AvgIpc) is 3.33. The van der Waals surface area contributed by atoms with Crippen LogP contribution in [0.2, 0.25) is 0 Å². The smallest absolute Gasteiger partial charge is 0.306 e. The van der Waals surface area contributed by atoms with Crippen LogP contribution in [0.25, 0.3) is 0 Å². The Balaban J connectivity index is 4.42. The van der Waals surface area contributed by atoms with Crippen molar-refractivity contribution in [1.29, 1.82) is 0 Å². The quantitative estimate of drug-likeness (QED) is 0.0262. The summed E-state index contributed by atoms with van der Waals surface area (Å²) < 4.78 is 16.8. The first-order valence-corrected chi connectivity index (χ1v) is 28.1. The van der Waals surface area contributed by atoms with Crippen LogP contribution in [0.1, 0.15) is 265 Å². The molecule has 1 atom stereocenters. The van der Waals surface area contributed by atoms with E-state index < -0.39 is 6.10 Å². The Morgan fingerprint density at radius 1 is 0.313 bits per heavy atom. The van der Waals surface area contributed by atoms with E-state index in [1.165, 1.54) is 96.3 Å². The van der Waals surface area contributed by atoms with Crippen LogP contribution in [0.4, 0.5) is 0 Å². The van der Waals surface area contributed by atoms with Gasteiger partial charge < -0.3 is 14.2 Å². The van der Waals surface area contributed by atoms with Crippen molar-refractivity contribution in [2.45, 2.75) is 271 Å². The van der Waals surface area contributed by atoms with Crippen LogP contribution in [-0.2, 0) is 28.6 Å². The second-order valence-corrected chi connectivity index (χ2v) is 18.5. The molecule has 0 aliphatic rings. The predicted octanol–water partition coefficient (Wildman–Crippen LogP) is 18.8. The van der Waals surface area contributed by atoms with E-state index in [9.17, 15) is 14.4 Å². The Hall–Kier alpha value is -3.41. The molecule has 0 amide bonds. The molecular formula is C61H104O6. The lowest BCUT2D eigenvalue weighted by molar-refractivity contribution is -0.167. The number of esters is 3. The predicted molar refractivity (Wildman–Crippen MR) is 288 cm³/mol. The van der Waals surface area contributed by atoms with Crippen LogP contribution < -0.4 is 0 Å². The zero-order valence-corrected chi connectivity index (χ0v) is 43.9. The summed E-state index contributed by atoms with van der Waals surface area (Å²) in [7, 11) is 0. The molecule has 0 bridgehead atoms. The van der Waals surface area contributed by atoms with Crippen molar-refractivity contribution >= 4 is 17.9 Å². The van der Waals surface area contributed by atoms with Crippen LogP contribution >= 0.6 is 0 Å². The number of hydrogen-bond donors (Lipinski definition) is 0. The van der Waals surface area contributed by atoms with Crippen LogP contribution in [0, 0.1) is 0 Å². The summed E-state index contributed by atoms with van der Waals surface area (Å²) in [4.78, 5) is 38.1. The highest BCUT2D eigenvalue weighted by Gasteiger charge is 2.19. The summed E-state index contributed by atoms with van der Waals surface area (Å²) in [5, 5.41) is 0. The van der Waals surface area contributed by atoms with Gasteiger partial charge in [-0.1, -0.05) is 215 Å². The molecule has 0 unspecified atom stereocenters. The molecule has 0 saturated carbocycles. The molecule has 6 nitrogen and oxygen atoms in total. The van der Waals surface area contributed by atoms with Gasteiger partial charge in [-0.05, 0) is 116 Å². The summed E-state index contributed by atoms with van der Waals surface area (Å²) in [6, 6.07) is 0. The Morgan fingerprint density at radius 2 is 0.582 bits per heavy atom. The highest BCUT2D eigenvalue weighted by molar-refractivity contribution is 5.71. The van der Waals surface area contributed by atoms with Gasteiger partial charge in [0, 0.05) is 19.3 Å². The number of unbranched alkanes of at least 4 members (excludes halogenated alkanes) is 25. The van der Waals surface area contributed by atoms with Crippen LogP contribution in [-0.4, -0.2) is 37.2 Å². The van der Waals surface area contributed by atoms with Gasteiger partial charge in [-0.15, -0.1) is 0 Å². The molecule has 67 heavy (non-hydrogen) atoms. The molecule has 0 aromatic carbocycles. The van der Waals surface area contributed by atoms with Gasteiger partial charge in [-0.3, -0.25) is 14.4 Å². The lowest BCUT2D eigenvalue weighted by Crippen LogP contribution is -2.30. The third-order valence-corrected chi connectivity index (χ3v) is 11.9. The fourth-order valence-electron chi connectivity index (χ4n) is 7.63. The first-order chi connectivity index (χ1) is 33.0. The molecule has 0 heterocycles. The summed E-state index contributed by atoms with van der Waals surface area (Å²) in [6.45, 7) is 6.46. The Morgan fingerprint density at radius 3 is 0.910 bits per heavy atom. The second kappa shape index (κ2) is 55.2. The third kappa shape index (κ3) is 53.4. The van der Waals surface area contributed by atoms with Gasteiger partial charge in [-0.2, -0.15) is 0 Å². The fourth-order valence-corrected chi connectivity index (χ4v) is 7.63. The SMILES string of the molecule is CC/C=C\C/C=C\C/C=C\CCCCCCCC(=O)O[C@@H](COC(=O)CCCCCCC/C=C\C/C=C\CCCCC)COC(=O)CCCCCCCCCCC/C=C\C/C=C\CCCCC. The Labute approximate surface area is 414 Å². The number of rotatable bonds is 50. The standard InChI is InChI=1S/C61H104O6/c1-4-7-10-13-16-19-22-25-28-29-30-31-34-36-39-42-45-48-51-54-60(63)66-57-58(67-61(64)55-52-49-46-43-40-37-33-27-24-21-18-15-12-9-6-3)56-65-59(62)53-50-47-44-41-38-35-32-26-23-20-17-14-11-8-5-2/h9,12,16-21,25-28,32-33,58H,4-8,10-11,13-15,22-24,29-31,34-57H2,1-3H3/b12-9-,19-16-,20-17-,21-18-,28-25-,32-26-,33-27-/t58-/m0/s1. The molecule has 0 aromatic rings. The average molecular weight is 933 g/mol. The topological polar surface area (TPSA) is 78.9 Å². The monoisotopic (exact) mass is 933 g/mol.